The lowest BCUT2D eigenvalue weighted by molar-refractivity contribution is 0.605. The van der Waals surface area contributed by atoms with E-state index >= 15 is 0 Å². The predicted molar refractivity (Wildman–Crippen MR) is 26.5 cm³/mol. The Bertz CT molecular complexity index is 195. The second kappa shape index (κ2) is 2.01. The largest absolute Gasteiger partial charge is 0.412 e. The van der Waals surface area contributed by atoms with Gasteiger partial charge in [-0.05, 0) is 0 Å². The third-order valence-corrected chi connectivity index (χ3v) is 1.25. The number of nitrogens with zero attached hydrogens (tertiary/aromatic N) is 2. The Hall–Kier alpha value is -0.750. The Kier molecular flexibility index (Phi) is 1.82. The van der Waals surface area contributed by atoms with Crippen LogP contribution in [0.1, 0.15) is 0 Å². The first-order valence-corrected chi connectivity index (χ1v) is 3.05. The molecule has 0 bridgehead atoms. The molecule has 1 rings (SSSR count). The molecule has 0 spiro atoms. The number of hydrogen-bond donors (Lipinski definition) is 0. The maximum absolute atomic E-state index is 10.1. The molecule has 2 N–H and O–H groups in total. The fourth-order valence-electron chi connectivity index (χ4n) is 0.224. The molecule has 0 unspecified atom stereocenters. The molecule has 5 nitrogen and oxygen atoms in total. The van der Waals surface area contributed by atoms with E-state index in [-0.39, 0.29) is 5.48 Å². The molecule has 0 saturated carbocycles. The summed E-state index contributed by atoms with van der Waals surface area (Å²) in [4.78, 5) is 0. The second-order valence-corrected chi connectivity index (χ2v) is 2.46. The summed E-state index contributed by atoms with van der Waals surface area (Å²) in [5, 5.41) is 4.03. The molecule has 46 valence electrons. The number of rotatable bonds is 0. The van der Waals surface area contributed by atoms with Gasteiger partial charge in [-0.3, -0.25) is 0 Å². The predicted octanol–water partition coefficient (Wildman–Crippen LogP) is -0.571. The highest BCUT2D eigenvalue weighted by atomic mass is 32.2. The summed E-state index contributed by atoms with van der Waals surface area (Å²) in [6, 6.07) is 0. The van der Waals surface area contributed by atoms with Gasteiger partial charge in [0.2, 0.25) is 0 Å². The van der Waals surface area contributed by atoms with Gasteiger partial charge in [0.25, 0.3) is 10.0 Å². The number of sulfonamides is 1. The summed E-state index contributed by atoms with van der Waals surface area (Å²) in [7, 11) is -3.27. The molecule has 1 aliphatic heterocycles. The summed E-state index contributed by atoms with van der Waals surface area (Å²) in [5.74, 6) is 0. The van der Waals surface area contributed by atoms with Gasteiger partial charge in [-0.1, -0.05) is 4.52 Å². The molecule has 0 fully saturated rings. The lowest BCUT2D eigenvalue weighted by atomic mass is 11.1. The fraction of sp³-hybridized carbons (Fsp3) is 0. The van der Waals surface area contributed by atoms with Gasteiger partial charge in [0, 0.05) is 0 Å². The minimum atomic E-state index is -3.27. The Morgan fingerprint density at radius 1 is 1.38 bits per heavy atom. The fourth-order valence-corrected chi connectivity index (χ4v) is 0.673. The molecule has 0 atom stereocenters. The molecule has 0 radical (unpaired) electrons. The van der Waals surface area contributed by atoms with Crippen LogP contribution >= 0.6 is 0 Å². The van der Waals surface area contributed by atoms with Crippen LogP contribution in [0.15, 0.2) is 21.2 Å². The van der Waals surface area contributed by atoms with Gasteiger partial charge < -0.3 is 5.48 Å². The van der Waals surface area contributed by atoms with Crippen molar-refractivity contribution in [3.8, 4) is 0 Å². The number of hydrogen-bond acceptors (Lipinski definition) is 3. The van der Waals surface area contributed by atoms with Gasteiger partial charge in [-0.15, -0.1) is 5.11 Å². The molecule has 0 saturated heterocycles. The van der Waals surface area contributed by atoms with Crippen molar-refractivity contribution in [3.63, 3.8) is 0 Å². The van der Waals surface area contributed by atoms with Crippen LogP contribution in [0, 0.1) is 0 Å². The molecule has 6 heteroatoms. The lowest BCUT2D eigenvalue weighted by Crippen LogP contribution is -1.80. The van der Waals surface area contributed by atoms with E-state index in [1.807, 2.05) is 0 Å². The van der Waals surface area contributed by atoms with Crippen molar-refractivity contribution in [3.05, 3.63) is 11.6 Å². The minimum Gasteiger partial charge on any atom is -0.412 e. The van der Waals surface area contributed by atoms with E-state index in [1.54, 1.807) is 0 Å². The summed E-state index contributed by atoms with van der Waals surface area (Å²) in [6.07, 6.45) is 1.13. The average Bonchev–Trinajstić information content (AvgIpc) is 1.84. The van der Waals surface area contributed by atoms with E-state index in [1.165, 1.54) is 0 Å². The van der Waals surface area contributed by atoms with E-state index in [9.17, 15) is 8.42 Å². The second-order valence-electron chi connectivity index (χ2n) is 0.997. The first-order chi connectivity index (χ1) is 3.21. The molecule has 0 aromatic heterocycles. The van der Waals surface area contributed by atoms with Gasteiger partial charge >= 0.3 is 0 Å². The molecule has 1 heterocycles. The quantitative estimate of drug-likeness (QED) is 0.446. The monoisotopic (exact) mass is 136 g/mol. The SMILES string of the molecule is O.O=S1(=O)C=CN=N1. The molecule has 8 heavy (non-hydrogen) atoms. The summed E-state index contributed by atoms with van der Waals surface area (Å²) < 4.78 is 23.0. The Morgan fingerprint density at radius 3 is 2.12 bits per heavy atom. The minimum absolute atomic E-state index is 0. The first-order valence-electron chi connectivity index (χ1n) is 1.54. The van der Waals surface area contributed by atoms with Crippen molar-refractivity contribution in [1.82, 2.24) is 0 Å². The van der Waals surface area contributed by atoms with Crippen molar-refractivity contribution in [1.29, 1.82) is 0 Å². The zero-order chi connectivity index (χ0) is 5.33. The zero-order valence-corrected chi connectivity index (χ0v) is 4.59. The van der Waals surface area contributed by atoms with E-state index in [0.717, 1.165) is 11.6 Å². The smallest absolute Gasteiger partial charge is 0.294 e. The lowest BCUT2D eigenvalue weighted by Gasteiger charge is -1.70. The molecule has 0 aromatic carbocycles. The topological polar surface area (TPSA) is 90.4 Å². The summed E-state index contributed by atoms with van der Waals surface area (Å²) in [5.41, 5.74) is 0. The Balaban J connectivity index is 0.000000490. The van der Waals surface area contributed by atoms with Crippen LogP contribution in [-0.2, 0) is 10.0 Å². The zero-order valence-electron chi connectivity index (χ0n) is 3.77. The molecule has 1 aliphatic rings. The highest BCUT2D eigenvalue weighted by Gasteiger charge is 2.03. The van der Waals surface area contributed by atoms with Crippen LogP contribution in [0.2, 0.25) is 0 Å². The molecule has 0 aromatic rings. The third-order valence-electron chi connectivity index (χ3n) is 0.460. The molecular formula is C2H4N2O3S. The summed E-state index contributed by atoms with van der Waals surface area (Å²) in [6.45, 7) is 0. The van der Waals surface area contributed by atoms with Crippen molar-refractivity contribution >= 4 is 10.0 Å². The van der Waals surface area contributed by atoms with E-state index in [2.05, 4.69) is 9.63 Å². The van der Waals surface area contributed by atoms with Crippen molar-refractivity contribution in [2.75, 3.05) is 0 Å². The van der Waals surface area contributed by atoms with E-state index < -0.39 is 10.0 Å². The van der Waals surface area contributed by atoms with Gasteiger partial charge in [0.15, 0.2) is 0 Å². The van der Waals surface area contributed by atoms with Crippen molar-refractivity contribution < 1.29 is 13.9 Å². The maximum atomic E-state index is 10.1. The van der Waals surface area contributed by atoms with Gasteiger partial charge in [0.05, 0.1) is 11.6 Å². The van der Waals surface area contributed by atoms with Crippen LogP contribution in [0.25, 0.3) is 0 Å². The standard InChI is InChI=1S/C2H2N2O2S.H2O/c5-7(6)2-1-3-4-7;/h1-2H;1H2. The van der Waals surface area contributed by atoms with Crippen LogP contribution in [-0.4, -0.2) is 13.9 Å². The van der Waals surface area contributed by atoms with Crippen molar-refractivity contribution in [2.24, 2.45) is 9.63 Å². The van der Waals surface area contributed by atoms with Gasteiger partial charge in [-0.25, -0.2) is 0 Å². The van der Waals surface area contributed by atoms with Crippen LogP contribution in [0.5, 0.6) is 0 Å². The van der Waals surface area contributed by atoms with Gasteiger partial charge in [0.1, 0.15) is 0 Å². The van der Waals surface area contributed by atoms with Crippen LogP contribution < -0.4 is 0 Å². The van der Waals surface area contributed by atoms with E-state index in [4.69, 9.17) is 0 Å². The van der Waals surface area contributed by atoms with Crippen molar-refractivity contribution in [2.45, 2.75) is 0 Å². The van der Waals surface area contributed by atoms with Crippen LogP contribution in [0.3, 0.4) is 0 Å². The van der Waals surface area contributed by atoms with Gasteiger partial charge in [-0.2, -0.15) is 8.42 Å². The maximum Gasteiger partial charge on any atom is 0.294 e. The van der Waals surface area contributed by atoms with Crippen LogP contribution in [0.4, 0.5) is 0 Å². The normalized spacial score (nSPS) is 20.5. The van der Waals surface area contributed by atoms with E-state index in [0.29, 0.717) is 0 Å². The molecular weight excluding hydrogens is 132 g/mol. The average molecular weight is 136 g/mol. The Labute approximate surface area is 46.1 Å². The third kappa shape index (κ3) is 1.39. The first kappa shape index (κ1) is 7.25. The highest BCUT2D eigenvalue weighted by Crippen LogP contribution is 2.02. The molecule has 0 amide bonds. The summed E-state index contributed by atoms with van der Waals surface area (Å²) >= 11 is 0. The Morgan fingerprint density at radius 2 is 2.00 bits per heavy atom. The molecule has 0 aliphatic carbocycles. The highest BCUT2D eigenvalue weighted by molar-refractivity contribution is 7.93.